The number of carbonyl (C=O) groups is 1. The first-order chi connectivity index (χ1) is 15.9. The number of hydrogen-bond acceptors (Lipinski definition) is 5. The van der Waals surface area contributed by atoms with E-state index in [-0.39, 0.29) is 12.1 Å². The molecule has 0 aliphatic carbocycles. The van der Waals surface area contributed by atoms with Crippen molar-refractivity contribution in [2.24, 2.45) is 0 Å². The third-order valence-electron chi connectivity index (χ3n) is 6.11. The van der Waals surface area contributed by atoms with Crippen LogP contribution in [0.1, 0.15) is 77.5 Å². The molecule has 2 heterocycles. The monoisotopic (exact) mass is 487 g/mol. The molecule has 1 amide bonds. The number of piperidine rings is 1. The third-order valence-corrected chi connectivity index (χ3v) is 8.03. The number of hydrogen-bond donors (Lipinski definition) is 0. The minimum absolute atomic E-state index is 0.0960. The third kappa shape index (κ3) is 5.96. The van der Waals surface area contributed by atoms with Gasteiger partial charge in [-0.2, -0.15) is 4.31 Å². The van der Waals surface area contributed by atoms with Crippen LogP contribution in [0.3, 0.4) is 0 Å². The van der Waals surface area contributed by atoms with E-state index in [9.17, 15) is 13.2 Å². The highest BCUT2D eigenvalue weighted by Gasteiger charge is 2.35. The lowest BCUT2D eigenvalue weighted by Crippen LogP contribution is -2.42. The molecule has 1 aliphatic heterocycles. The molecule has 8 heteroatoms. The summed E-state index contributed by atoms with van der Waals surface area (Å²) in [7, 11) is -3.63. The van der Waals surface area contributed by atoms with Gasteiger partial charge in [-0.1, -0.05) is 37.1 Å². The number of benzene rings is 1. The Hall–Kier alpha value is -2.45. The average molecular weight is 488 g/mol. The van der Waals surface area contributed by atoms with E-state index in [0.29, 0.717) is 17.3 Å². The van der Waals surface area contributed by atoms with E-state index in [1.165, 1.54) is 0 Å². The van der Waals surface area contributed by atoms with Gasteiger partial charge in [0.25, 0.3) is 0 Å². The quantitative estimate of drug-likeness (QED) is 0.511. The molecular formula is C26H37N3O4S. The van der Waals surface area contributed by atoms with E-state index < -0.39 is 21.7 Å². The summed E-state index contributed by atoms with van der Waals surface area (Å²) in [4.78, 5) is 19.3. The number of amides is 1. The van der Waals surface area contributed by atoms with Crippen LogP contribution in [0.4, 0.5) is 10.6 Å². The van der Waals surface area contributed by atoms with Crippen LogP contribution in [-0.4, -0.2) is 42.0 Å². The molecule has 2 aromatic rings. The molecule has 0 saturated carbocycles. The molecule has 7 nitrogen and oxygen atoms in total. The maximum Gasteiger partial charge on any atom is 0.416 e. The predicted octanol–water partition coefficient (Wildman–Crippen LogP) is 5.85. The van der Waals surface area contributed by atoms with Crippen LogP contribution in [0.25, 0.3) is 0 Å². The fraction of sp³-hybridized carbons (Fsp3) is 0.538. The van der Waals surface area contributed by atoms with Crippen molar-refractivity contribution in [2.75, 3.05) is 11.4 Å². The molecule has 1 aliphatic rings. The van der Waals surface area contributed by atoms with Gasteiger partial charge in [-0.05, 0) is 77.6 Å². The second-order valence-electron chi connectivity index (χ2n) is 10.00. The zero-order valence-corrected chi connectivity index (χ0v) is 21.9. The Morgan fingerprint density at radius 1 is 1.18 bits per heavy atom. The molecule has 1 aromatic carbocycles. The lowest BCUT2D eigenvalue weighted by Gasteiger charge is -2.35. The number of anilines is 1. The van der Waals surface area contributed by atoms with Crippen LogP contribution in [0.2, 0.25) is 0 Å². The van der Waals surface area contributed by atoms with Crippen molar-refractivity contribution < 1.29 is 17.9 Å². The van der Waals surface area contributed by atoms with E-state index in [2.05, 4.69) is 4.98 Å². The van der Waals surface area contributed by atoms with Crippen molar-refractivity contribution in [3.63, 3.8) is 0 Å². The van der Waals surface area contributed by atoms with E-state index in [1.807, 2.05) is 59.7 Å². The van der Waals surface area contributed by atoms with Crippen LogP contribution in [-0.2, 0) is 14.8 Å². The topological polar surface area (TPSA) is 79.8 Å². The van der Waals surface area contributed by atoms with Crippen LogP contribution >= 0.6 is 0 Å². The molecule has 1 aromatic heterocycles. The molecule has 0 unspecified atom stereocenters. The van der Waals surface area contributed by atoms with Gasteiger partial charge in [0.15, 0.2) is 0 Å². The van der Waals surface area contributed by atoms with Crippen molar-refractivity contribution in [1.29, 1.82) is 0 Å². The van der Waals surface area contributed by atoms with E-state index >= 15 is 0 Å². The summed E-state index contributed by atoms with van der Waals surface area (Å²) in [5.74, 6) is 0.496. The highest BCUT2D eigenvalue weighted by molar-refractivity contribution is 7.89. The molecule has 2 atom stereocenters. The lowest BCUT2D eigenvalue weighted by molar-refractivity contribution is 0.0566. The van der Waals surface area contributed by atoms with Gasteiger partial charge in [-0.3, -0.25) is 4.90 Å². The minimum Gasteiger partial charge on any atom is -0.443 e. The van der Waals surface area contributed by atoms with E-state index in [0.717, 1.165) is 36.8 Å². The van der Waals surface area contributed by atoms with Gasteiger partial charge in [-0.25, -0.2) is 18.2 Å². The average Bonchev–Trinajstić information content (AvgIpc) is 2.78. The number of aryl methyl sites for hydroxylation is 1. The Kier molecular flexibility index (Phi) is 8.03. The highest BCUT2D eigenvalue weighted by atomic mass is 32.2. The van der Waals surface area contributed by atoms with Gasteiger partial charge in [0.05, 0.1) is 10.9 Å². The van der Waals surface area contributed by atoms with Crippen LogP contribution in [0.15, 0.2) is 47.5 Å². The van der Waals surface area contributed by atoms with Crippen molar-refractivity contribution >= 4 is 21.9 Å². The van der Waals surface area contributed by atoms with Gasteiger partial charge >= 0.3 is 6.09 Å². The number of ether oxygens (including phenoxy) is 1. The van der Waals surface area contributed by atoms with Gasteiger partial charge in [0.2, 0.25) is 10.0 Å². The first-order valence-corrected chi connectivity index (χ1v) is 13.4. The summed E-state index contributed by atoms with van der Waals surface area (Å²) < 4.78 is 34.1. The second-order valence-corrected chi connectivity index (χ2v) is 11.9. The molecule has 186 valence electrons. The Labute approximate surface area is 204 Å². The predicted molar refractivity (Wildman–Crippen MR) is 134 cm³/mol. The molecule has 0 radical (unpaired) electrons. The van der Waals surface area contributed by atoms with Gasteiger partial charge in [0, 0.05) is 18.8 Å². The van der Waals surface area contributed by atoms with Crippen molar-refractivity contribution in [3.8, 4) is 0 Å². The van der Waals surface area contributed by atoms with Gasteiger partial charge in [0.1, 0.15) is 11.4 Å². The normalized spacial score (nSPS) is 18.4. The second kappa shape index (κ2) is 10.4. The standard InChI is InChI=1S/C26H37N3O4S/c1-7-20(3)29(25(30)33-26(4,5)6)24-16-13-21(18-27-24)23-10-8-9-17-28(23)34(31,32)22-14-11-19(2)12-15-22/h11-16,18,20,23H,7-10,17H2,1-6H3/t20-,23+/m0/s1. The number of carbonyl (C=O) groups excluding carboxylic acids is 1. The summed E-state index contributed by atoms with van der Waals surface area (Å²) in [5, 5.41) is 0. The van der Waals surface area contributed by atoms with Crippen molar-refractivity contribution in [2.45, 2.75) is 89.8 Å². The summed E-state index contributed by atoms with van der Waals surface area (Å²) in [6.45, 7) is 11.9. The smallest absolute Gasteiger partial charge is 0.416 e. The summed E-state index contributed by atoms with van der Waals surface area (Å²) in [6, 6.07) is 10.3. The highest BCUT2D eigenvalue weighted by Crippen LogP contribution is 2.36. The molecule has 0 bridgehead atoms. The zero-order valence-electron chi connectivity index (χ0n) is 21.1. The Morgan fingerprint density at radius 3 is 2.41 bits per heavy atom. The number of sulfonamides is 1. The Morgan fingerprint density at radius 2 is 1.85 bits per heavy atom. The largest absolute Gasteiger partial charge is 0.443 e. The van der Waals surface area contributed by atoms with Gasteiger partial charge in [-0.15, -0.1) is 0 Å². The summed E-state index contributed by atoms with van der Waals surface area (Å²) in [6.07, 6.45) is 4.50. The van der Waals surface area contributed by atoms with Crippen molar-refractivity contribution in [3.05, 3.63) is 53.7 Å². The van der Waals surface area contributed by atoms with E-state index in [1.54, 1.807) is 33.6 Å². The Balaban J connectivity index is 1.90. The zero-order chi connectivity index (χ0) is 25.1. The summed E-state index contributed by atoms with van der Waals surface area (Å²) >= 11 is 0. The summed E-state index contributed by atoms with van der Waals surface area (Å²) in [5.41, 5.74) is 1.23. The number of aromatic nitrogens is 1. The molecule has 1 saturated heterocycles. The van der Waals surface area contributed by atoms with E-state index in [4.69, 9.17) is 4.74 Å². The van der Waals surface area contributed by atoms with Crippen LogP contribution in [0, 0.1) is 6.92 Å². The number of rotatable bonds is 6. The molecule has 0 spiro atoms. The SMILES string of the molecule is CC[C@H](C)N(C(=O)OC(C)(C)C)c1ccc([C@H]2CCCCN2S(=O)(=O)c2ccc(C)cc2)cn1. The number of nitrogens with zero attached hydrogens (tertiary/aromatic N) is 3. The number of pyridine rings is 1. The first kappa shape index (κ1) is 26.2. The van der Waals surface area contributed by atoms with Crippen molar-refractivity contribution in [1.82, 2.24) is 9.29 Å². The van der Waals surface area contributed by atoms with Gasteiger partial charge < -0.3 is 4.74 Å². The lowest BCUT2D eigenvalue weighted by atomic mass is 9.99. The molecule has 1 fully saturated rings. The first-order valence-electron chi connectivity index (χ1n) is 12.0. The fourth-order valence-corrected chi connectivity index (χ4v) is 5.78. The fourth-order valence-electron chi connectivity index (χ4n) is 4.10. The maximum atomic E-state index is 13.4. The molecule has 0 N–H and O–H groups in total. The van der Waals surface area contributed by atoms with Crippen LogP contribution < -0.4 is 4.90 Å². The Bertz CT molecular complexity index is 1080. The molecule has 3 rings (SSSR count). The molecular weight excluding hydrogens is 450 g/mol. The minimum atomic E-state index is -3.63. The molecule has 34 heavy (non-hydrogen) atoms. The van der Waals surface area contributed by atoms with Crippen LogP contribution in [0.5, 0.6) is 0 Å². The maximum absolute atomic E-state index is 13.4.